The fraction of sp³-hybridized carbons (Fsp3) is 0. The van der Waals surface area contributed by atoms with Crippen LogP contribution in [0.2, 0.25) is 0 Å². The van der Waals surface area contributed by atoms with Crippen molar-refractivity contribution in [2.24, 2.45) is 0 Å². The number of hydrogen-bond donors (Lipinski definition) is 1. The van der Waals surface area contributed by atoms with Crippen molar-refractivity contribution in [3.8, 4) is 12.1 Å². The number of nitrogens with zero attached hydrogens (tertiary/aromatic N) is 2. The third kappa shape index (κ3) is 3.41. The largest absolute Gasteiger partial charge is 0.294 e. The first kappa shape index (κ1) is 15.1. The first-order chi connectivity index (χ1) is 9.95. The molecule has 2 aromatic carbocycles. The Morgan fingerprint density at radius 1 is 1.05 bits per heavy atom. The smallest absolute Gasteiger partial charge is 0.282 e. The second kappa shape index (κ2) is 5.98. The summed E-state index contributed by atoms with van der Waals surface area (Å²) in [6.07, 6.45) is 0. The molecule has 7 heteroatoms. The molecule has 0 aliphatic heterocycles. The van der Waals surface area contributed by atoms with Gasteiger partial charge in [-0.25, -0.2) is 0 Å². The molecule has 2 aromatic rings. The van der Waals surface area contributed by atoms with Gasteiger partial charge in [0.2, 0.25) is 0 Å². The Labute approximate surface area is 126 Å². The summed E-state index contributed by atoms with van der Waals surface area (Å²) >= 11 is 1.15. The van der Waals surface area contributed by atoms with E-state index in [0.717, 1.165) is 11.8 Å². The van der Waals surface area contributed by atoms with E-state index in [9.17, 15) is 8.42 Å². The number of benzene rings is 2. The van der Waals surface area contributed by atoms with Crippen LogP contribution in [-0.2, 0) is 10.1 Å². The third-order valence-corrected chi connectivity index (χ3v) is 4.49. The van der Waals surface area contributed by atoms with Gasteiger partial charge < -0.3 is 0 Å². The number of hydrogen-bond acceptors (Lipinski definition) is 5. The molecular weight excluding hydrogens is 308 g/mol. The van der Waals surface area contributed by atoms with Crippen molar-refractivity contribution in [2.75, 3.05) is 0 Å². The molecule has 0 aliphatic carbocycles. The Bertz CT molecular complexity index is 878. The van der Waals surface area contributed by atoms with Gasteiger partial charge >= 0.3 is 0 Å². The normalized spacial score (nSPS) is 10.6. The summed E-state index contributed by atoms with van der Waals surface area (Å²) < 4.78 is 31.3. The van der Waals surface area contributed by atoms with Gasteiger partial charge in [0, 0.05) is 9.79 Å². The van der Waals surface area contributed by atoms with E-state index in [4.69, 9.17) is 15.1 Å². The van der Waals surface area contributed by atoms with Crippen LogP contribution in [0.3, 0.4) is 0 Å². The fourth-order valence-electron chi connectivity index (χ4n) is 1.65. The van der Waals surface area contributed by atoms with Crippen LogP contribution in [0.1, 0.15) is 11.1 Å². The molecule has 2 rings (SSSR count). The lowest BCUT2D eigenvalue weighted by Gasteiger charge is -2.06. The monoisotopic (exact) mass is 316 g/mol. The molecule has 0 fully saturated rings. The van der Waals surface area contributed by atoms with Crippen molar-refractivity contribution in [1.29, 1.82) is 10.5 Å². The van der Waals surface area contributed by atoms with Crippen molar-refractivity contribution in [3.05, 3.63) is 53.6 Å². The topological polar surface area (TPSA) is 102 Å². The van der Waals surface area contributed by atoms with Crippen LogP contribution in [0, 0.1) is 22.7 Å². The van der Waals surface area contributed by atoms with Gasteiger partial charge in [0.1, 0.15) is 12.1 Å². The molecule has 0 amide bonds. The van der Waals surface area contributed by atoms with Crippen molar-refractivity contribution in [1.82, 2.24) is 0 Å². The maximum absolute atomic E-state index is 11.1. The molecule has 0 heterocycles. The Morgan fingerprint density at radius 2 is 1.76 bits per heavy atom. The van der Waals surface area contributed by atoms with E-state index in [1.165, 1.54) is 24.3 Å². The number of nitriles is 2. The molecule has 0 spiro atoms. The summed E-state index contributed by atoms with van der Waals surface area (Å²) in [7, 11) is -4.28. The summed E-state index contributed by atoms with van der Waals surface area (Å²) in [5, 5.41) is 18.1. The van der Waals surface area contributed by atoms with Gasteiger partial charge in [-0.2, -0.15) is 18.9 Å². The molecule has 0 atom stereocenters. The van der Waals surface area contributed by atoms with Crippen LogP contribution >= 0.6 is 11.8 Å². The van der Waals surface area contributed by atoms with E-state index in [2.05, 4.69) is 0 Å². The van der Waals surface area contributed by atoms with E-state index >= 15 is 0 Å². The van der Waals surface area contributed by atoms with Crippen molar-refractivity contribution in [2.45, 2.75) is 14.7 Å². The molecule has 0 unspecified atom stereocenters. The van der Waals surface area contributed by atoms with Crippen LogP contribution in [-0.4, -0.2) is 13.0 Å². The van der Waals surface area contributed by atoms with Gasteiger partial charge in [-0.1, -0.05) is 23.9 Å². The zero-order valence-electron chi connectivity index (χ0n) is 10.5. The van der Waals surface area contributed by atoms with Crippen molar-refractivity contribution in [3.63, 3.8) is 0 Å². The lowest BCUT2D eigenvalue weighted by molar-refractivity contribution is 0.483. The Kier molecular flexibility index (Phi) is 4.29. The number of rotatable bonds is 3. The van der Waals surface area contributed by atoms with Gasteiger partial charge in [0.05, 0.1) is 16.0 Å². The maximum Gasteiger partial charge on any atom is 0.294 e. The van der Waals surface area contributed by atoms with E-state index in [-0.39, 0.29) is 16.0 Å². The summed E-state index contributed by atoms with van der Waals surface area (Å²) in [5.41, 5.74) is 0.496. The Hall–Kier alpha value is -2.32. The lowest BCUT2D eigenvalue weighted by Crippen LogP contribution is -1.97. The highest BCUT2D eigenvalue weighted by atomic mass is 32.2. The van der Waals surface area contributed by atoms with E-state index in [0.29, 0.717) is 9.79 Å². The molecule has 5 nitrogen and oxygen atoms in total. The van der Waals surface area contributed by atoms with E-state index < -0.39 is 10.1 Å². The first-order valence-corrected chi connectivity index (χ1v) is 7.90. The molecule has 1 N–H and O–H groups in total. The molecular formula is C14H8N2O3S2. The molecule has 0 saturated heterocycles. The SMILES string of the molecule is N#Cc1cccc(Sc2cccc(S(=O)(=O)O)c2)c1C#N. The molecule has 0 radical (unpaired) electrons. The molecule has 0 aromatic heterocycles. The summed E-state index contributed by atoms with van der Waals surface area (Å²) in [5.74, 6) is 0. The molecule has 0 saturated carbocycles. The highest BCUT2D eigenvalue weighted by molar-refractivity contribution is 7.99. The van der Waals surface area contributed by atoms with Crippen molar-refractivity contribution >= 4 is 21.9 Å². The maximum atomic E-state index is 11.1. The van der Waals surface area contributed by atoms with Gasteiger partial charge in [0.15, 0.2) is 0 Å². The van der Waals surface area contributed by atoms with E-state index in [1.807, 2.05) is 12.1 Å². The predicted molar refractivity (Wildman–Crippen MR) is 76.3 cm³/mol. The van der Waals surface area contributed by atoms with Crippen LogP contribution < -0.4 is 0 Å². The van der Waals surface area contributed by atoms with Gasteiger partial charge in [0.25, 0.3) is 10.1 Å². The van der Waals surface area contributed by atoms with E-state index in [1.54, 1.807) is 18.2 Å². The lowest BCUT2D eigenvalue weighted by atomic mass is 10.1. The summed E-state index contributed by atoms with van der Waals surface area (Å²) in [6, 6.07) is 14.5. The average molecular weight is 316 g/mol. The molecule has 21 heavy (non-hydrogen) atoms. The molecule has 104 valence electrons. The molecule has 0 aliphatic rings. The van der Waals surface area contributed by atoms with Crippen LogP contribution in [0.25, 0.3) is 0 Å². The van der Waals surface area contributed by atoms with Crippen LogP contribution in [0.15, 0.2) is 57.2 Å². The minimum atomic E-state index is -4.28. The van der Waals surface area contributed by atoms with Crippen LogP contribution in [0.4, 0.5) is 0 Å². The van der Waals surface area contributed by atoms with Crippen LogP contribution in [0.5, 0.6) is 0 Å². The summed E-state index contributed by atoms with van der Waals surface area (Å²) in [4.78, 5) is 0.864. The van der Waals surface area contributed by atoms with Gasteiger partial charge in [-0.05, 0) is 30.3 Å². The zero-order valence-corrected chi connectivity index (χ0v) is 12.1. The quantitative estimate of drug-likeness (QED) is 0.874. The zero-order chi connectivity index (χ0) is 15.5. The predicted octanol–water partition coefficient (Wildman–Crippen LogP) is 2.83. The third-order valence-electron chi connectivity index (χ3n) is 2.59. The molecule has 0 bridgehead atoms. The summed E-state index contributed by atoms with van der Waals surface area (Å²) in [6.45, 7) is 0. The average Bonchev–Trinajstić information content (AvgIpc) is 2.46. The first-order valence-electron chi connectivity index (χ1n) is 5.64. The highest BCUT2D eigenvalue weighted by Gasteiger charge is 2.12. The van der Waals surface area contributed by atoms with Crippen molar-refractivity contribution < 1.29 is 13.0 Å². The standard InChI is InChI=1S/C14H8N2O3S2/c15-8-10-3-1-6-14(13(10)9-16)20-11-4-2-5-12(7-11)21(17,18)19/h1-7H,(H,17,18,19). The van der Waals surface area contributed by atoms with Gasteiger partial charge in [-0.3, -0.25) is 4.55 Å². The van der Waals surface area contributed by atoms with Gasteiger partial charge in [-0.15, -0.1) is 0 Å². The minimum absolute atomic E-state index is 0.220. The minimum Gasteiger partial charge on any atom is -0.282 e. The fourth-order valence-corrected chi connectivity index (χ4v) is 3.24. The second-order valence-electron chi connectivity index (χ2n) is 3.95. The Morgan fingerprint density at radius 3 is 2.38 bits per heavy atom. The Balaban J connectivity index is 2.45. The highest BCUT2D eigenvalue weighted by Crippen LogP contribution is 2.32. The second-order valence-corrected chi connectivity index (χ2v) is 6.49.